The number of rotatable bonds is 3. The zero-order valence-electron chi connectivity index (χ0n) is 11.6. The third kappa shape index (κ3) is 3.34. The van der Waals surface area contributed by atoms with E-state index in [1.54, 1.807) is 12.1 Å². The van der Waals surface area contributed by atoms with Crippen molar-refractivity contribution < 1.29 is 4.74 Å². The van der Waals surface area contributed by atoms with E-state index in [0.717, 1.165) is 30.6 Å². The Morgan fingerprint density at radius 1 is 1.14 bits per heavy atom. The number of fused-ring (bicyclic) bond motifs is 1. The Kier molecular flexibility index (Phi) is 4.39. The molecule has 0 saturated carbocycles. The van der Waals surface area contributed by atoms with Gasteiger partial charge in [-0.15, -0.1) is 0 Å². The van der Waals surface area contributed by atoms with Gasteiger partial charge in [0, 0.05) is 21.7 Å². The van der Waals surface area contributed by atoms with Crippen LogP contribution in [0.1, 0.15) is 35.6 Å². The standard InChI is InChI=1S/C17H17Cl2NO/c18-13-5-7-16(19)12(8-13)10-21-14-6-4-11-2-1-3-17(20)15(11)9-14/h4-9,17H,1-3,10,20H2. The Balaban J connectivity index is 1.76. The molecule has 0 saturated heterocycles. The fourth-order valence-corrected chi connectivity index (χ4v) is 3.09. The molecule has 0 heterocycles. The van der Waals surface area contributed by atoms with E-state index in [-0.39, 0.29) is 6.04 Å². The van der Waals surface area contributed by atoms with Crippen LogP contribution in [0.15, 0.2) is 36.4 Å². The van der Waals surface area contributed by atoms with Crippen molar-refractivity contribution in [3.05, 3.63) is 63.1 Å². The van der Waals surface area contributed by atoms with Gasteiger partial charge in [-0.1, -0.05) is 29.3 Å². The number of hydrogen-bond acceptors (Lipinski definition) is 2. The van der Waals surface area contributed by atoms with Crippen LogP contribution < -0.4 is 10.5 Å². The van der Waals surface area contributed by atoms with E-state index in [9.17, 15) is 0 Å². The highest BCUT2D eigenvalue weighted by molar-refractivity contribution is 6.33. The van der Waals surface area contributed by atoms with Crippen LogP contribution in [0.25, 0.3) is 0 Å². The van der Waals surface area contributed by atoms with Crippen molar-refractivity contribution in [3.63, 3.8) is 0 Å². The molecular formula is C17H17Cl2NO. The molecule has 0 spiro atoms. The average Bonchev–Trinajstić information content (AvgIpc) is 2.49. The van der Waals surface area contributed by atoms with Gasteiger partial charge < -0.3 is 10.5 Å². The molecule has 1 aliphatic rings. The summed E-state index contributed by atoms with van der Waals surface area (Å²) in [6, 6.07) is 11.7. The molecule has 0 aliphatic heterocycles. The molecule has 110 valence electrons. The van der Waals surface area contributed by atoms with Gasteiger partial charge in [0.25, 0.3) is 0 Å². The first kappa shape index (κ1) is 14.7. The van der Waals surface area contributed by atoms with Crippen LogP contribution in [0.4, 0.5) is 0 Å². The van der Waals surface area contributed by atoms with Crippen molar-refractivity contribution in [2.24, 2.45) is 5.73 Å². The van der Waals surface area contributed by atoms with Crippen LogP contribution in [-0.4, -0.2) is 0 Å². The lowest BCUT2D eigenvalue weighted by molar-refractivity contribution is 0.305. The molecule has 4 heteroatoms. The largest absolute Gasteiger partial charge is 0.489 e. The van der Waals surface area contributed by atoms with Crippen LogP contribution in [-0.2, 0) is 13.0 Å². The predicted molar refractivity (Wildman–Crippen MR) is 87.1 cm³/mol. The number of benzene rings is 2. The molecule has 0 fully saturated rings. The van der Waals surface area contributed by atoms with E-state index < -0.39 is 0 Å². The van der Waals surface area contributed by atoms with Crippen molar-refractivity contribution in [2.75, 3.05) is 0 Å². The third-order valence-corrected chi connectivity index (χ3v) is 4.48. The fraction of sp³-hybridized carbons (Fsp3) is 0.294. The van der Waals surface area contributed by atoms with Gasteiger partial charge in [0.2, 0.25) is 0 Å². The Hall–Kier alpha value is -1.22. The lowest BCUT2D eigenvalue weighted by atomic mass is 9.88. The second kappa shape index (κ2) is 6.27. The van der Waals surface area contributed by atoms with Gasteiger partial charge in [-0.25, -0.2) is 0 Å². The Morgan fingerprint density at radius 3 is 2.86 bits per heavy atom. The maximum absolute atomic E-state index is 6.17. The molecule has 0 radical (unpaired) electrons. The molecule has 1 atom stereocenters. The smallest absolute Gasteiger partial charge is 0.120 e. The zero-order chi connectivity index (χ0) is 14.8. The van der Waals surface area contributed by atoms with Gasteiger partial charge in [-0.2, -0.15) is 0 Å². The summed E-state index contributed by atoms with van der Waals surface area (Å²) in [5, 5.41) is 1.32. The lowest BCUT2D eigenvalue weighted by Gasteiger charge is -2.22. The van der Waals surface area contributed by atoms with Crippen molar-refractivity contribution in [2.45, 2.75) is 31.9 Å². The molecule has 1 aliphatic carbocycles. The molecule has 2 N–H and O–H groups in total. The minimum atomic E-state index is 0.118. The summed E-state index contributed by atoms with van der Waals surface area (Å²) in [5.74, 6) is 0.821. The molecule has 0 aromatic heterocycles. The zero-order valence-corrected chi connectivity index (χ0v) is 13.1. The number of halogens is 2. The normalized spacial score (nSPS) is 17.4. The Bertz CT molecular complexity index is 657. The summed E-state index contributed by atoms with van der Waals surface area (Å²) in [6.45, 7) is 0.396. The van der Waals surface area contributed by atoms with Crippen LogP contribution in [0, 0.1) is 0 Å². The first-order valence-corrected chi connectivity index (χ1v) is 7.84. The van der Waals surface area contributed by atoms with E-state index in [1.165, 1.54) is 11.1 Å². The van der Waals surface area contributed by atoms with Gasteiger partial charge in [0.05, 0.1) is 0 Å². The maximum Gasteiger partial charge on any atom is 0.120 e. The summed E-state index contributed by atoms with van der Waals surface area (Å²) in [7, 11) is 0. The second-order valence-corrected chi connectivity index (χ2v) is 6.23. The van der Waals surface area contributed by atoms with E-state index in [4.69, 9.17) is 33.7 Å². The minimum Gasteiger partial charge on any atom is -0.489 e. The van der Waals surface area contributed by atoms with E-state index in [0.29, 0.717) is 16.7 Å². The van der Waals surface area contributed by atoms with E-state index >= 15 is 0 Å². The molecule has 21 heavy (non-hydrogen) atoms. The van der Waals surface area contributed by atoms with Crippen molar-refractivity contribution in [1.82, 2.24) is 0 Å². The lowest BCUT2D eigenvalue weighted by Crippen LogP contribution is -2.17. The monoisotopic (exact) mass is 321 g/mol. The maximum atomic E-state index is 6.17. The second-order valence-electron chi connectivity index (χ2n) is 5.38. The number of aryl methyl sites for hydroxylation is 1. The van der Waals surface area contributed by atoms with Crippen molar-refractivity contribution in [3.8, 4) is 5.75 Å². The van der Waals surface area contributed by atoms with E-state index in [2.05, 4.69) is 12.1 Å². The third-order valence-electron chi connectivity index (χ3n) is 3.88. The van der Waals surface area contributed by atoms with Crippen LogP contribution >= 0.6 is 23.2 Å². The van der Waals surface area contributed by atoms with Crippen LogP contribution in [0.2, 0.25) is 10.0 Å². The molecule has 1 unspecified atom stereocenters. The fourth-order valence-electron chi connectivity index (χ4n) is 2.72. The molecule has 3 rings (SSSR count). The highest BCUT2D eigenvalue weighted by Crippen LogP contribution is 2.31. The molecule has 2 aromatic carbocycles. The molecule has 0 amide bonds. The Labute approximate surface area is 134 Å². The topological polar surface area (TPSA) is 35.2 Å². The number of nitrogens with two attached hydrogens (primary N) is 1. The molecule has 2 nitrogen and oxygen atoms in total. The van der Waals surface area contributed by atoms with Gasteiger partial charge in [-0.05, 0) is 60.7 Å². The van der Waals surface area contributed by atoms with Crippen molar-refractivity contribution >= 4 is 23.2 Å². The molecule has 0 bridgehead atoms. The Morgan fingerprint density at radius 2 is 2.00 bits per heavy atom. The van der Waals surface area contributed by atoms with Crippen LogP contribution in [0.5, 0.6) is 5.75 Å². The predicted octanol–water partition coefficient (Wildman–Crippen LogP) is 4.91. The van der Waals surface area contributed by atoms with Gasteiger partial charge in [-0.3, -0.25) is 0 Å². The highest BCUT2D eigenvalue weighted by Gasteiger charge is 2.17. The first-order valence-electron chi connectivity index (χ1n) is 7.08. The minimum absolute atomic E-state index is 0.118. The van der Waals surface area contributed by atoms with Gasteiger partial charge >= 0.3 is 0 Å². The average molecular weight is 322 g/mol. The quantitative estimate of drug-likeness (QED) is 0.871. The SMILES string of the molecule is NC1CCCc2ccc(OCc3cc(Cl)ccc3Cl)cc21. The van der Waals surface area contributed by atoms with E-state index in [1.807, 2.05) is 12.1 Å². The summed E-state index contributed by atoms with van der Waals surface area (Å²) in [6.07, 6.45) is 3.30. The molecular weight excluding hydrogens is 305 g/mol. The first-order chi connectivity index (χ1) is 10.1. The molecule has 2 aromatic rings. The number of hydrogen-bond donors (Lipinski definition) is 1. The van der Waals surface area contributed by atoms with Gasteiger partial charge in [0.15, 0.2) is 0 Å². The van der Waals surface area contributed by atoms with Gasteiger partial charge in [0.1, 0.15) is 12.4 Å². The van der Waals surface area contributed by atoms with Crippen LogP contribution in [0.3, 0.4) is 0 Å². The summed E-state index contributed by atoms with van der Waals surface area (Å²) < 4.78 is 5.84. The van der Waals surface area contributed by atoms with Crippen molar-refractivity contribution in [1.29, 1.82) is 0 Å². The highest BCUT2D eigenvalue weighted by atomic mass is 35.5. The summed E-state index contributed by atoms with van der Waals surface area (Å²) >= 11 is 12.1. The summed E-state index contributed by atoms with van der Waals surface area (Å²) in [4.78, 5) is 0. The number of ether oxygens (including phenoxy) is 1. The summed E-state index contributed by atoms with van der Waals surface area (Å²) in [5.41, 5.74) is 9.59.